The van der Waals surface area contributed by atoms with Gasteiger partial charge in [-0.2, -0.15) is 0 Å². The lowest BCUT2D eigenvalue weighted by Crippen LogP contribution is -2.32. The minimum Gasteiger partial charge on any atom is -0.374 e. The molecule has 2 N–H and O–H groups in total. The molecule has 0 amide bonds. The first-order valence-electron chi connectivity index (χ1n) is 6.10. The standard InChI is InChI=1S/C10H18N4O4S/c1-3-7-8(13(15)16)9(14(17)18)10(19-7)12-6-4-5-11-2/h7-8,11-12H,3-6H2,1-2H3. The molecular formula is C10H18N4O4S. The molecule has 2 unspecified atom stereocenters. The van der Waals surface area contributed by atoms with Crippen LogP contribution in [0.4, 0.5) is 0 Å². The van der Waals surface area contributed by atoms with Gasteiger partial charge < -0.3 is 10.6 Å². The van der Waals surface area contributed by atoms with E-state index in [1.807, 2.05) is 7.05 Å². The van der Waals surface area contributed by atoms with Gasteiger partial charge in [-0.1, -0.05) is 18.7 Å². The summed E-state index contributed by atoms with van der Waals surface area (Å²) in [6.07, 6.45) is 1.32. The van der Waals surface area contributed by atoms with Gasteiger partial charge in [-0.15, -0.1) is 0 Å². The molecule has 0 aliphatic carbocycles. The number of rotatable bonds is 8. The van der Waals surface area contributed by atoms with E-state index in [0.717, 1.165) is 13.0 Å². The first kappa shape index (κ1) is 15.7. The minimum absolute atomic E-state index is 0.300. The predicted octanol–water partition coefficient (Wildman–Crippen LogP) is 0.802. The minimum atomic E-state index is -1.23. The molecule has 0 saturated carbocycles. The summed E-state index contributed by atoms with van der Waals surface area (Å²) < 4.78 is 0. The Balaban J connectivity index is 2.83. The summed E-state index contributed by atoms with van der Waals surface area (Å²) >= 11 is 1.21. The number of nitro groups is 2. The van der Waals surface area contributed by atoms with E-state index in [1.165, 1.54) is 11.8 Å². The van der Waals surface area contributed by atoms with Gasteiger partial charge in [0.2, 0.25) is 0 Å². The maximum atomic E-state index is 11.1. The van der Waals surface area contributed by atoms with Crippen LogP contribution in [0.15, 0.2) is 10.7 Å². The number of thioether (sulfide) groups is 1. The first-order chi connectivity index (χ1) is 9.02. The molecule has 108 valence electrons. The molecule has 1 rings (SSSR count). The second-order valence-electron chi connectivity index (χ2n) is 4.15. The quantitative estimate of drug-likeness (QED) is 0.386. The van der Waals surface area contributed by atoms with Gasteiger partial charge in [-0.3, -0.25) is 20.2 Å². The van der Waals surface area contributed by atoms with E-state index in [2.05, 4.69) is 10.6 Å². The Kier molecular flexibility index (Phi) is 6.03. The molecule has 9 heteroatoms. The van der Waals surface area contributed by atoms with Crippen molar-refractivity contribution in [1.82, 2.24) is 10.6 Å². The number of nitrogens with one attached hydrogen (secondary N) is 2. The van der Waals surface area contributed by atoms with E-state index in [9.17, 15) is 20.2 Å². The van der Waals surface area contributed by atoms with Gasteiger partial charge in [0.15, 0.2) is 5.03 Å². The van der Waals surface area contributed by atoms with Crippen molar-refractivity contribution in [3.8, 4) is 0 Å². The highest BCUT2D eigenvalue weighted by Gasteiger charge is 2.51. The number of hydrogen-bond donors (Lipinski definition) is 2. The Morgan fingerprint density at radius 1 is 1.32 bits per heavy atom. The van der Waals surface area contributed by atoms with E-state index >= 15 is 0 Å². The third kappa shape index (κ3) is 3.80. The molecule has 0 saturated heterocycles. The third-order valence-corrected chi connectivity index (χ3v) is 4.33. The lowest BCUT2D eigenvalue weighted by Gasteiger charge is -2.08. The van der Waals surface area contributed by atoms with Crippen LogP contribution < -0.4 is 10.6 Å². The van der Waals surface area contributed by atoms with Crippen LogP contribution in [0.2, 0.25) is 0 Å². The average Bonchev–Trinajstić information content (AvgIpc) is 2.73. The fourth-order valence-electron chi connectivity index (χ4n) is 1.92. The van der Waals surface area contributed by atoms with Crippen LogP contribution >= 0.6 is 11.8 Å². The largest absolute Gasteiger partial charge is 0.374 e. The zero-order valence-corrected chi connectivity index (χ0v) is 11.7. The van der Waals surface area contributed by atoms with Crippen molar-refractivity contribution < 1.29 is 9.85 Å². The van der Waals surface area contributed by atoms with Crippen molar-refractivity contribution in [2.45, 2.75) is 31.1 Å². The van der Waals surface area contributed by atoms with Gasteiger partial charge in [-0.05, 0) is 26.4 Å². The molecule has 0 bridgehead atoms. The zero-order valence-electron chi connectivity index (χ0n) is 10.9. The highest BCUT2D eigenvalue weighted by atomic mass is 32.2. The summed E-state index contributed by atoms with van der Waals surface area (Å²) in [5.41, 5.74) is -0.300. The molecular weight excluding hydrogens is 272 g/mol. The monoisotopic (exact) mass is 290 g/mol. The summed E-state index contributed by atoms with van der Waals surface area (Å²) in [6.45, 7) is 3.14. The van der Waals surface area contributed by atoms with Crippen LogP contribution in [-0.2, 0) is 0 Å². The molecule has 0 aromatic heterocycles. The van der Waals surface area contributed by atoms with Crippen molar-refractivity contribution in [2.24, 2.45) is 0 Å². The number of nitrogens with zero attached hydrogens (tertiary/aromatic N) is 2. The zero-order chi connectivity index (χ0) is 14.4. The Bertz CT molecular complexity index is 388. The van der Waals surface area contributed by atoms with Crippen LogP contribution in [0.3, 0.4) is 0 Å². The molecule has 0 fully saturated rings. The van der Waals surface area contributed by atoms with Crippen LogP contribution in [-0.4, -0.2) is 41.3 Å². The van der Waals surface area contributed by atoms with Crippen LogP contribution in [0, 0.1) is 20.2 Å². The molecule has 0 spiro atoms. The van der Waals surface area contributed by atoms with E-state index in [0.29, 0.717) is 18.0 Å². The molecule has 2 atom stereocenters. The van der Waals surface area contributed by atoms with Gasteiger partial charge in [0.05, 0.1) is 10.2 Å². The normalized spacial score (nSPS) is 22.6. The average molecular weight is 290 g/mol. The molecule has 0 aromatic carbocycles. The second-order valence-corrected chi connectivity index (χ2v) is 5.40. The van der Waals surface area contributed by atoms with Gasteiger partial charge in [0.25, 0.3) is 0 Å². The second kappa shape index (κ2) is 7.29. The maximum absolute atomic E-state index is 11.1. The van der Waals surface area contributed by atoms with Gasteiger partial charge in [0, 0.05) is 11.5 Å². The lowest BCUT2D eigenvalue weighted by atomic mass is 10.1. The molecule has 1 aliphatic rings. The summed E-state index contributed by atoms with van der Waals surface area (Å²) in [7, 11) is 1.82. The van der Waals surface area contributed by atoms with Crippen LogP contribution in [0.1, 0.15) is 19.8 Å². The van der Waals surface area contributed by atoms with Gasteiger partial charge in [0.1, 0.15) is 0 Å². The highest BCUT2D eigenvalue weighted by molar-refractivity contribution is 8.03. The molecule has 1 aliphatic heterocycles. The van der Waals surface area contributed by atoms with Crippen LogP contribution in [0.5, 0.6) is 0 Å². The summed E-state index contributed by atoms with van der Waals surface area (Å²) in [4.78, 5) is 20.9. The third-order valence-electron chi connectivity index (χ3n) is 2.85. The van der Waals surface area contributed by atoms with Crippen molar-refractivity contribution in [3.63, 3.8) is 0 Å². The van der Waals surface area contributed by atoms with Gasteiger partial charge >= 0.3 is 11.7 Å². The van der Waals surface area contributed by atoms with Crippen molar-refractivity contribution >= 4 is 11.8 Å². The van der Waals surface area contributed by atoms with Crippen molar-refractivity contribution in [2.75, 3.05) is 20.1 Å². The molecule has 0 aromatic rings. The van der Waals surface area contributed by atoms with E-state index in [4.69, 9.17) is 0 Å². The lowest BCUT2D eigenvalue weighted by molar-refractivity contribution is -0.553. The van der Waals surface area contributed by atoms with Gasteiger partial charge in [-0.25, -0.2) is 0 Å². The Morgan fingerprint density at radius 3 is 2.47 bits per heavy atom. The fourth-order valence-corrected chi connectivity index (χ4v) is 3.25. The Labute approximate surface area is 115 Å². The fraction of sp³-hybridized carbons (Fsp3) is 0.800. The van der Waals surface area contributed by atoms with E-state index in [-0.39, 0.29) is 10.9 Å². The van der Waals surface area contributed by atoms with Crippen molar-refractivity contribution in [1.29, 1.82) is 0 Å². The Morgan fingerprint density at radius 2 is 2.00 bits per heavy atom. The summed E-state index contributed by atoms with van der Waals surface area (Å²) in [6, 6.07) is -1.23. The smallest absolute Gasteiger partial charge is 0.350 e. The molecule has 19 heavy (non-hydrogen) atoms. The van der Waals surface area contributed by atoms with Crippen LogP contribution in [0.25, 0.3) is 0 Å². The summed E-state index contributed by atoms with van der Waals surface area (Å²) in [5, 5.41) is 28.0. The van der Waals surface area contributed by atoms with Crippen molar-refractivity contribution in [3.05, 3.63) is 31.0 Å². The summed E-state index contributed by atoms with van der Waals surface area (Å²) in [5.74, 6) is 0. The molecule has 8 nitrogen and oxygen atoms in total. The molecule has 1 heterocycles. The first-order valence-corrected chi connectivity index (χ1v) is 6.98. The topological polar surface area (TPSA) is 110 Å². The highest BCUT2D eigenvalue weighted by Crippen LogP contribution is 2.39. The Hall–Kier alpha value is -1.35. The predicted molar refractivity (Wildman–Crippen MR) is 73.0 cm³/mol. The van der Waals surface area contributed by atoms with E-state index < -0.39 is 15.9 Å². The maximum Gasteiger partial charge on any atom is 0.350 e. The number of hydrogen-bond acceptors (Lipinski definition) is 7. The molecule has 0 radical (unpaired) electrons. The van der Waals surface area contributed by atoms with E-state index in [1.54, 1.807) is 6.92 Å². The SMILES string of the molecule is CCC1SC(NCCCNC)=C([N+](=O)[O-])C1[N+](=O)[O-].